The predicted molar refractivity (Wildman–Crippen MR) is 84.2 cm³/mol. The van der Waals surface area contributed by atoms with Gasteiger partial charge < -0.3 is 4.90 Å². The van der Waals surface area contributed by atoms with Crippen molar-refractivity contribution in [3.63, 3.8) is 0 Å². The van der Waals surface area contributed by atoms with Gasteiger partial charge in [0.05, 0.1) is 6.54 Å². The maximum absolute atomic E-state index is 12.7. The summed E-state index contributed by atoms with van der Waals surface area (Å²) in [7, 11) is 0. The molecule has 0 aromatic heterocycles. The average Bonchev–Trinajstić information content (AvgIpc) is 2.86. The highest BCUT2D eigenvalue weighted by atomic mass is 16.2. The Hall–Kier alpha value is -1.35. The molecule has 1 aliphatic rings. The third kappa shape index (κ3) is 3.21. The largest absolute Gasteiger partial charge is 0.308 e. The van der Waals surface area contributed by atoms with E-state index in [2.05, 4.69) is 50.8 Å². The molecule has 1 amide bonds. The van der Waals surface area contributed by atoms with E-state index in [-0.39, 0.29) is 11.9 Å². The van der Waals surface area contributed by atoms with Gasteiger partial charge in [-0.2, -0.15) is 0 Å². The summed E-state index contributed by atoms with van der Waals surface area (Å²) < 4.78 is 0. The molecule has 3 heteroatoms. The van der Waals surface area contributed by atoms with Crippen molar-refractivity contribution in [2.45, 2.75) is 46.6 Å². The smallest absolute Gasteiger partial charge is 0.241 e. The molecule has 0 atom stereocenters. The van der Waals surface area contributed by atoms with E-state index in [4.69, 9.17) is 0 Å². The Balaban J connectivity index is 2.24. The molecule has 1 aliphatic heterocycles. The van der Waals surface area contributed by atoms with Crippen molar-refractivity contribution in [2.75, 3.05) is 24.5 Å². The fourth-order valence-corrected chi connectivity index (χ4v) is 3.06. The number of anilines is 1. The van der Waals surface area contributed by atoms with E-state index in [1.54, 1.807) is 0 Å². The number of nitrogens with zero attached hydrogens (tertiary/aromatic N) is 2. The topological polar surface area (TPSA) is 23.6 Å². The van der Waals surface area contributed by atoms with Crippen LogP contribution in [0.1, 0.15) is 37.8 Å². The van der Waals surface area contributed by atoms with Gasteiger partial charge in [-0.05, 0) is 64.8 Å². The normalized spacial score (nSPS) is 15.8. The Morgan fingerprint density at radius 1 is 1.20 bits per heavy atom. The number of amides is 1. The van der Waals surface area contributed by atoms with E-state index in [9.17, 15) is 4.79 Å². The van der Waals surface area contributed by atoms with Crippen LogP contribution in [0.25, 0.3) is 0 Å². The fraction of sp³-hybridized carbons (Fsp3) is 0.588. The molecule has 0 radical (unpaired) electrons. The van der Waals surface area contributed by atoms with Gasteiger partial charge in [-0.3, -0.25) is 9.69 Å². The number of para-hydroxylation sites is 1. The number of hydrogen-bond acceptors (Lipinski definition) is 2. The summed E-state index contributed by atoms with van der Waals surface area (Å²) >= 11 is 0. The third-order valence-corrected chi connectivity index (χ3v) is 4.02. The van der Waals surface area contributed by atoms with Gasteiger partial charge in [0.1, 0.15) is 0 Å². The Kier molecular flexibility index (Phi) is 4.81. The first-order chi connectivity index (χ1) is 9.50. The maximum atomic E-state index is 12.7. The summed E-state index contributed by atoms with van der Waals surface area (Å²) in [5.41, 5.74) is 3.44. The van der Waals surface area contributed by atoms with Gasteiger partial charge in [0, 0.05) is 11.7 Å². The Morgan fingerprint density at radius 2 is 1.75 bits per heavy atom. The quantitative estimate of drug-likeness (QED) is 0.842. The molecular weight excluding hydrogens is 248 g/mol. The van der Waals surface area contributed by atoms with E-state index in [0.29, 0.717) is 6.54 Å². The first-order valence-electron chi connectivity index (χ1n) is 7.61. The molecule has 110 valence electrons. The van der Waals surface area contributed by atoms with Gasteiger partial charge in [-0.1, -0.05) is 18.2 Å². The lowest BCUT2D eigenvalue weighted by atomic mass is 10.1. The second-order valence-electron chi connectivity index (χ2n) is 6.08. The molecule has 3 nitrogen and oxygen atoms in total. The molecule has 0 N–H and O–H groups in total. The number of benzene rings is 1. The first kappa shape index (κ1) is 15.0. The molecule has 0 bridgehead atoms. The highest BCUT2D eigenvalue weighted by molar-refractivity contribution is 5.96. The minimum atomic E-state index is 0.185. The molecule has 2 rings (SSSR count). The van der Waals surface area contributed by atoms with Crippen LogP contribution in [0.2, 0.25) is 0 Å². The highest BCUT2D eigenvalue weighted by Crippen LogP contribution is 2.27. The summed E-state index contributed by atoms with van der Waals surface area (Å²) in [6, 6.07) is 6.41. The molecule has 1 fully saturated rings. The third-order valence-electron chi connectivity index (χ3n) is 4.02. The number of hydrogen-bond donors (Lipinski definition) is 0. The molecule has 0 spiro atoms. The van der Waals surface area contributed by atoms with Gasteiger partial charge in [0.15, 0.2) is 0 Å². The van der Waals surface area contributed by atoms with E-state index in [0.717, 1.165) is 18.8 Å². The fourth-order valence-electron chi connectivity index (χ4n) is 3.06. The lowest BCUT2D eigenvalue weighted by Gasteiger charge is -2.31. The Labute approximate surface area is 122 Å². The summed E-state index contributed by atoms with van der Waals surface area (Å²) in [6.45, 7) is 11.0. The van der Waals surface area contributed by atoms with Crippen molar-refractivity contribution < 1.29 is 4.79 Å². The molecule has 1 heterocycles. The molecule has 20 heavy (non-hydrogen) atoms. The zero-order chi connectivity index (χ0) is 14.7. The first-order valence-corrected chi connectivity index (χ1v) is 7.61. The van der Waals surface area contributed by atoms with Gasteiger partial charge in [0.2, 0.25) is 5.91 Å². The van der Waals surface area contributed by atoms with Crippen LogP contribution in [0.5, 0.6) is 0 Å². The van der Waals surface area contributed by atoms with E-state index in [1.165, 1.54) is 24.0 Å². The van der Waals surface area contributed by atoms with Crippen LogP contribution in [-0.4, -0.2) is 36.5 Å². The molecule has 0 unspecified atom stereocenters. The molecular formula is C17H26N2O. The van der Waals surface area contributed by atoms with Crippen molar-refractivity contribution in [3.8, 4) is 0 Å². The van der Waals surface area contributed by atoms with Crippen LogP contribution in [0.15, 0.2) is 18.2 Å². The number of carbonyl (C=O) groups is 1. The standard InChI is InChI=1S/C17H26N2O/c1-13(2)19(16(20)12-18-10-5-6-11-18)17-14(3)8-7-9-15(17)4/h7-9,13H,5-6,10-12H2,1-4H3. The lowest BCUT2D eigenvalue weighted by Crippen LogP contribution is -2.44. The maximum Gasteiger partial charge on any atom is 0.241 e. The molecule has 1 saturated heterocycles. The van der Waals surface area contributed by atoms with Crippen LogP contribution in [0.4, 0.5) is 5.69 Å². The second kappa shape index (κ2) is 6.40. The summed E-state index contributed by atoms with van der Waals surface area (Å²) in [5.74, 6) is 0.222. The second-order valence-corrected chi connectivity index (χ2v) is 6.08. The van der Waals surface area contributed by atoms with E-state index in [1.807, 2.05) is 4.90 Å². The monoisotopic (exact) mass is 274 g/mol. The summed E-state index contributed by atoms with van der Waals surface area (Å²) in [6.07, 6.45) is 2.44. The van der Waals surface area contributed by atoms with Crippen LogP contribution in [-0.2, 0) is 4.79 Å². The van der Waals surface area contributed by atoms with Crippen molar-refractivity contribution in [1.82, 2.24) is 4.90 Å². The van der Waals surface area contributed by atoms with Gasteiger partial charge in [0.25, 0.3) is 0 Å². The zero-order valence-electron chi connectivity index (χ0n) is 13.1. The van der Waals surface area contributed by atoms with E-state index < -0.39 is 0 Å². The SMILES string of the molecule is Cc1cccc(C)c1N(C(=O)CN1CCCC1)C(C)C. The van der Waals surface area contributed by atoms with Crippen molar-refractivity contribution in [3.05, 3.63) is 29.3 Å². The van der Waals surface area contributed by atoms with Crippen LogP contribution in [0, 0.1) is 13.8 Å². The predicted octanol–water partition coefficient (Wildman–Crippen LogP) is 3.14. The Bertz CT molecular complexity index is 456. The van der Waals surface area contributed by atoms with Crippen LogP contribution in [0.3, 0.4) is 0 Å². The van der Waals surface area contributed by atoms with Gasteiger partial charge in [-0.15, -0.1) is 0 Å². The molecule has 0 saturated carbocycles. The van der Waals surface area contributed by atoms with Crippen LogP contribution >= 0.6 is 0 Å². The summed E-state index contributed by atoms with van der Waals surface area (Å²) in [4.78, 5) is 17.0. The molecule has 1 aromatic rings. The van der Waals surface area contributed by atoms with Crippen molar-refractivity contribution >= 4 is 11.6 Å². The number of rotatable bonds is 4. The number of aryl methyl sites for hydroxylation is 2. The average molecular weight is 274 g/mol. The Morgan fingerprint density at radius 3 is 2.25 bits per heavy atom. The van der Waals surface area contributed by atoms with Gasteiger partial charge >= 0.3 is 0 Å². The highest BCUT2D eigenvalue weighted by Gasteiger charge is 2.25. The van der Waals surface area contributed by atoms with Crippen molar-refractivity contribution in [1.29, 1.82) is 0 Å². The zero-order valence-corrected chi connectivity index (χ0v) is 13.1. The number of likely N-dealkylation sites (tertiary alicyclic amines) is 1. The van der Waals surface area contributed by atoms with E-state index >= 15 is 0 Å². The minimum absolute atomic E-state index is 0.185. The minimum Gasteiger partial charge on any atom is -0.308 e. The molecule has 0 aliphatic carbocycles. The lowest BCUT2D eigenvalue weighted by molar-refractivity contribution is -0.119. The number of carbonyl (C=O) groups excluding carboxylic acids is 1. The molecule has 1 aromatic carbocycles. The summed E-state index contributed by atoms with van der Waals surface area (Å²) in [5, 5.41) is 0. The van der Waals surface area contributed by atoms with Gasteiger partial charge in [-0.25, -0.2) is 0 Å². The van der Waals surface area contributed by atoms with Crippen molar-refractivity contribution in [2.24, 2.45) is 0 Å². The van der Waals surface area contributed by atoms with Crippen LogP contribution < -0.4 is 4.90 Å².